The number of halogens is 3. The van der Waals surface area contributed by atoms with E-state index in [0.717, 1.165) is 5.56 Å². The third-order valence-corrected chi connectivity index (χ3v) is 3.35. The van der Waals surface area contributed by atoms with Gasteiger partial charge in [0, 0.05) is 6.54 Å². The molecule has 1 aromatic carbocycles. The van der Waals surface area contributed by atoms with Crippen LogP contribution in [0.5, 0.6) is 5.75 Å². The molecule has 0 spiro atoms. The number of hydrogen-bond donors (Lipinski definition) is 2. The number of carbonyl (C=O) groups excluding carboxylic acids is 1. The summed E-state index contributed by atoms with van der Waals surface area (Å²) in [6.45, 7) is 1.10. The maximum absolute atomic E-state index is 12.1. The predicted molar refractivity (Wildman–Crippen MR) is 84.8 cm³/mol. The second-order valence-corrected chi connectivity index (χ2v) is 5.45. The number of amides is 1. The summed E-state index contributed by atoms with van der Waals surface area (Å²) in [6, 6.07) is 9.29. The average Bonchev–Trinajstić information content (AvgIpc) is 3.09. The molecule has 2 N–H and O–H groups in total. The Bertz CT molecular complexity index is 655. The van der Waals surface area contributed by atoms with Crippen molar-refractivity contribution < 1.29 is 27.1 Å². The highest BCUT2D eigenvalue weighted by Crippen LogP contribution is 2.18. The molecule has 0 aliphatic carbocycles. The van der Waals surface area contributed by atoms with Gasteiger partial charge in [0.05, 0.1) is 18.8 Å². The highest BCUT2D eigenvalue weighted by atomic mass is 19.4. The van der Waals surface area contributed by atoms with Gasteiger partial charge >= 0.3 is 6.18 Å². The molecule has 1 atom stereocenters. The van der Waals surface area contributed by atoms with Crippen LogP contribution in [0.4, 0.5) is 13.2 Å². The van der Waals surface area contributed by atoms with E-state index in [0.29, 0.717) is 18.8 Å². The lowest BCUT2D eigenvalue weighted by Crippen LogP contribution is -2.41. The summed E-state index contributed by atoms with van der Waals surface area (Å²) in [5.74, 6) is 0.627. The monoisotopic (exact) mass is 356 g/mol. The number of rotatable bonds is 8. The quantitative estimate of drug-likeness (QED) is 0.763. The van der Waals surface area contributed by atoms with Crippen molar-refractivity contribution in [2.75, 3.05) is 6.61 Å². The largest absolute Gasteiger partial charge is 0.484 e. The zero-order valence-corrected chi connectivity index (χ0v) is 13.6. The van der Waals surface area contributed by atoms with Crippen LogP contribution < -0.4 is 15.4 Å². The first-order chi connectivity index (χ1) is 11.8. The predicted octanol–water partition coefficient (Wildman–Crippen LogP) is 3.02. The molecule has 0 bridgehead atoms. The highest BCUT2D eigenvalue weighted by Gasteiger charge is 2.28. The SMILES string of the molecule is CC(NCc1ccc(OCC(F)(F)F)cc1)C(=O)NCc1ccco1. The molecule has 0 radical (unpaired) electrons. The van der Waals surface area contributed by atoms with Gasteiger partial charge in [-0.15, -0.1) is 0 Å². The van der Waals surface area contributed by atoms with Gasteiger partial charge in [-0.05, 0) is 36.8 Å². The molecule has 0 aliphatic rings. The molecular weight excluding hydrogens is 337 g/mol. The van der Waals surface area contributed by atoms with Crippen LogP contribution in [0.1, 0.15) is 18.2 Å². The molecule has 2 aromatic rings. The van der Waals surface area contributed by atoms with Crippen molar-refractivity contribution in [2.45, 2.75) is 32.2 Å². The Hall–Kier alpha value is -2.48. The Labute approximate surface area is 143 Å². The summed E-state index contributed by atoms with van der Waals surface area (Å²) in [5.41, 5.74) is 0.824. The molecule has 1 heterocycles. The van der Waals surface area contributed by atoms with Gasteiger partial charge in [-0.25, -0.2) is 0 Å². The van der Waals surface area contributed by atoms with Gasteiger partial charge in [-0.2, -0.15) is 13.2 Å². The fraction of sp³-hybridized carbons (Fsp3) is 0.353. The molecule has 0 saturated carbocycles. The minimum Gasteiger partial charge on any atom is -0.484 e. The summed E-state index contributed by atoms with van der Waals surface area (Å²) in [7, 11) is 0. The maximum Gasteiger partial charge on any atom is 0.422 e. The Morgan fingerprint density at radius 2 is 1.92 bits per heavy atom. The van der Waals surface area contributed by atoms with E-state index in [9.17, 15) is 18.0 Å². The minimum atomic E-state index is -4.36. The van der Waals surface area contributed by atoms with Gasteiger partial charge in [0.2, 0.25) is 5.91 Å². The van der Waals surface area contributed by atoms with E-state index in [-0.39, 0.29) is 11.7 Å². The molecule has 0 saturated heterocycles. The van der Waals surface area contributed by atoms with Crippen LogP contribution in [-0.4, -0.2) is 24.7 Å². The number of nitrogens with one attached hydrogen (secondary N) is 2. The van der Waals surface area contributed by atoms with E-state index in [1.165, 1.54) is 18.4 Å². The topological polar surface area (TPSA) is 63.5 Å². The van der Waals surface area contributed by atoms with Crippen molar-refractivity contribution in [3.8, 4) is 5.75 Å². The average molecular weight is 356 g/mol. The Morgan fingerprint density at radius 1 is 1.20 bits per heavy atom. The van der Waals surface area contributed by atoms with E-state index in [1.54, 1.807) is 31.2 Å². The summed E-state index contributed by atoms with van der Waals surface area (Å²) in [5, 5.41) is 5.78. The van der Waals surface area contributed by atoms with E-state index in [2.05, 4.69) is 15.4 Å². The van der Waals surface area contributed by atoms with Crippen LogP contribution in [0.25, 0.3) is 0 Å². The molecule has 5 nitrogen and oxygen atoms in total. The van der Waals surface area contributed by atoms with E-state index in [1.807, 2.05) is 0 Å². The van der Waals surface area contributed by atoms with Crippen LogP contribution in [0.2, 0.25) is 0 Å². The Balaban J connectivity index is 1.73. The van der Waals surface area contributed by atoms with Crippen LogP contribution in [-0.2, 0) is 17.9 Å². The van der Waals surface area contributed by atoms with Gasteiger partial charge in [0.15, 0.2) is 6.61 Å². The Morgan fingerprint density at radius 3 is 2.52 bits per heavy atom. The smallest absolute Gasteiger partial charge is 0.422 e. The molecule has 1 amide bonds. The summed E-state index contributed by atoms with van der Waals surface area (Å²) >= 11 is 0. The summed E-state index contributed by atoms with van der Waals surface area (Å²) in [6.07, 6.45) is -2.83. The lowest BCUT2D eigenvalue weighted by Gasteiger charge is -2.14. The molecule has 0 fully saturated rings. The molecular formula is C17H19F3N2O3. The molecule has 1 aromatic heterocycles. The third-order valence-electron chi connectivity index (χ3n) is 3.35. The van der Waals surface area contributed by atoms with Gasteiger partial charge in [0.1, 0.15) is 11.5 Å². The normalized spacial score (nSPS) is 12.6. The minimum absolute atomic E-state index is 0.144. The van der Waals surface area contributed by atoms with Crippen LogP contribution in [0.15, 0.2) is 47.1 Å². The number of ether oxygens (including phenoxy) is 1. The number of benzene rings is 1. The van der Waals surface area contributed by atoms with Gasteiger partial charge in [-0.1, -0.05) is 12.1 Å². The molecule has 1 unspecified atom stereocenters. The standard InChI is InChI=1S/C17H19F3N2O3/c1-12(16(23)22-10-15-3-2-8-24-15)21-9-13-4-6-14(7-5-13)25-11-17(18,19)20/h2-8,12,21H,9-11H2,1H3,(H,22,23). The van der Waals surface area contributed by atoms with Crippen molar-refractivity contribution in [1.82, 2.24) is 10.6 Å². The lowest BCUT2D eigenvalue weighted by atomic mass is 10.2. The highest BCUT2D eigenvalue weighted by molar-refractivity contribution is 5.81. The number of furan rings is 1. The summed E-state index contributed by atoms with van der Waals surface area (Å²) < 4.78 is 46.0. The zero-order valence-electron chi connectivity index (χ0n) is 13.6. The van der Waals surface area contributed by atoms with Crippen LogP contribution >= 0.6 is 0 Å². The molecule has 8 heteroatoms. The van der Waals surface area contributed by atoms with E-state index in [4.69, 9.17) is 4.42 Å². The Kier molecular flexibility index (Phi) is 6.46. The molecule has 136 valence electrons. The van der Waals surface area contributed by atoms with Gasteiger partial charge in [-0.3, -0.25) is 4.79 Å². The number of carbonyl (C=O) groups is 1. The summed E-state index contributed by atoms with van der Waals surface area (Å²) in [4.78, 5) is 12.0. The van der Waals surface area contributed by atoms with Crippen LogP contribution in [0.3, 0.4) is 0 Å². The van der Waals surface area contributed by atoms with Crippen LogP contribution in [0, 0.1) is 0 Å². The first kappa shape index (κ1) is 18.9. The molecule has 0 aliphatic heterocycles. The van der Waals surface area contributed by atoms with Crippen molar-refractivity contribution in [3.05, 3.63) is 54.0 Å². The fourth-order valence-electron chi connectivity index (χ4n) is 1.97. The van der Waals surface area contributed by atoms with Gasteiger partial charge in [0.25, 0.3) is 0 Å². The molecule has 25 heavy (non-hydrogen) atoms. The van der Waals surface area contributed by atoms with E-state index < -0.39 is 18.8 Å². The number of hydrogen-bond acceptors (Lipinski definition) is 4. The number of alkyl halides is 3. The second kappa shape index (κ2) is 8.57. The first-order valence-electron chi connectivity index (χ1n) is 7.65. The fourth-order valence-corrected chi connectivity index (χ4v) is 1.97. The van der Waals surface area contributed by atoms with Crippen molar-refractivity contribution in [2.24, 2.45) is 0 Å². The van der Waals surface area contributed by atoms with Crippen molar-refractivity contribution >= 4 is 5.91 Å². The maximum atomic E-state index is 12.1. The van der Waals surface area contributed by atoms with Gasteiger partial charge < -0.3 is 19.8 Å². The first-order valence-corrected chi connectivity index (χ1v) is 7.65. The molecule has 2 rings (SSSR count). The lowest BCUT2D eigenvalue weighted by molar-refractivity contribution is -0.153. The zero-order chi connectivity index (χ0) is 18.3. The second-order valence-electron chi connectivity index (χ2n) is 5.45. The van der Waals surface area contributed by atoms with Crippen molar-refractivity contribution in [1.29, 1.82) is 0 Å². The third kappa shape index (κ3) is 6.88. The van der Waals surface area contributed by atoms with E-state index >= 15 is 0 Å². The van der Waals surface area contributed by atoms with Crippen molar-refractivity contribution in [3.63, 3.8) is 0 Å².